The number of nitrogen functional groups attached to an aromatic ring is 1. The van der Waals surface area contributed by atoms with Gasteiger partial charge in [-0.25, -0.2) is 4.68 Å². The number of nitrogens with one attached hydrogen (secondary N) is 1. The van der Waals surface area contributed by atoms with Crippen LogP contribution >= 0.6 is 11.8 Å². The van der Waals surface area contributed by atoms with E-state index in [1.165, 1.54) is 34.8 Å². The van der Waals surface area contributed by atoms with E-state index in [0.717, 1.165) is 12.0 Å². The van der Waals surface area contributed by atoms with Crippen molar-refractivity contribution in [3.8, 4) is 11.4 Å². The normalized spacial score (nSPS) is 22.4. The van der Waals surface area contributed by atoms with Crippen LogP contribution in [-0.2, 0) is 10.2 Å². The highest BCUT2D eigenvalue weighted by atomic mass is 32.2. The van der Waals surface area contributed by atoms with E-state index in [4.69, 9.17) is 5.84 Å². The average molecular weight is 416 g/mol. The van der Waals surface area contributed by atoms with Crippen molar-refractivity contribution in [2.45, 2.75) is 70.5 Å². The topological polar surface area (TPSA) is 85.8 Å². The Morgan fingerprint density at radius 3 is 2.55 bits per heavy atom. The fraction of sp³-hybridized carbons (Fsp3) is 0.591. The number of aromatic nitrogens is 3. The molecule has 0 radical (unpaired) electrons. The lowest BCUT2D eigenvalue weighted by Gasteiger charge is -2.34. The Balaban J connectivity index is 1.60. The number of rotatable bonds is 5. The molecule has 0 spiro atoms. The van der Waals surface area contributed by atoms with Crippen molar-refractivity contribution in [2.75, 3.05) is 11.6 Å². The van der Waals surface area contributed by atoms with E-state index < -0.39 is 0 Å². The molecule has 1 amide bonds. The fourth-order valence-electron chi connectivity index (χ4n) is 3.86. The van der Waals surface area contributed by atoms with Gasteiger partial charge in [0.2, 0.25) is 11.1 Å². The van der Waals surface area contributed by atoms with E-state index in [9.17, 15) is 4.79 Å². The molecule has 1 aromatic carbocycles. The summed E-state index contributed by atoms with van der Waals surface area (Å²) in [6, 6.07) is 8.48. The second kappa shape index (κ2) is 8.78. The second-order valence-electron chi connectivity index (χ2n) is 9.23. The highest BCUT2D eigenvalue weighted by molar-refractivity contribution is 7.99. The van der Waals surface area contributed by atoms with Crippen molar-refractivity contribution in [1.29, 1.82) is 0 Å². The summed E-state index contributed by atoms with van der Waals surface area (Å²) in [5.41, 5.74) is 2.26. The third-order valence-electron chi connectivity index (χ3n) is 6.06. The van der Waals surface area contributed by atoms with Gasteiger partial charge in [0.25, 0.3) is 0 Å². The lowest BCUT2D eigenvalue weighted by atomic mass is 9.78. The maximum atomic E-state index is 12.4. The Morgan fingerprint density at radius 2 is 1.90 bits per heavy atom. The van der Waals surface area contributed by atoms with E-state index >= 15 is 0 Å². The number of hydrogen-bond acceptors (Lipinski definition) is 5. The number of nitrogens with two attached hydrogens (primary N) is 1. The third-order valence-corrected chi connectivity index (χ3v) is 7.00. The molecular formula is C22H33N5OS. The van der Waals surface area contributed by atoms with Crippen LogP contribution in [0.3, 0.4) is 0 Å². The number of nitrogens with zero attached hydrogens (tertiary/aromatic N) is 3. The van der Waals surface area contributed by atoms with Gasteiger partial charge in [-0.1, -0.05) is 83.5 Å². The summed E-state index contributed by atoms with van der Waals surface area (Å²) in [7, 11) is 0. The number of carbonyl (C=O) groups excluding carboxylic acids is 1. The van der Waals surface area contributed by atoms with E-state index in [2.05, 4.69) is 62.3 Å². The van der Waals surface area contributed by atoms with Gasteiger partial charge in [0, 0.05) is 11.6 Å². The number of carbonyl (C=O) groups is 1. The average Bonchev–Trinajstić information content (AvgIpc) is 3.04. The summed E-state index contributed by atoms with van der Waals surface area (Å²) in [5.74, 6) is 8.29. The largest absolute Gasteiger partial charge is 0.352 e. The predicted molar refractivity (Wildman–Crippen MR) is 119 cm³/mol. The van der Waals surface area contributed by atoms with Gasteiger partial charge >= 0.3 is 0 Å². The molecule has 3 N–H and O–H groups in total. The van der Waals surface area contributed by atoms with Gasteiger partial charge in [-0.15, -0.1) is 10.2 Å². The molecule has 158 valence electrons. The lowest BCUT2D eigenvalue weighted by molar-refractivity contribution is -0.120. The molecule has 1 aliphatic carbocycles. The fourth-order valence-corrected chi connectivity index (χ4v) is 4.52. The SMILES string of the molecule is C[C@H]1[C@H](C)CCC[C@H]1NC(=O)CSc1nnc(-c2ccc(C(C)(C)C)cc2)n1N. The third kappa shape index (κ3) is 5.13. The van der Waals surface area contributed by atoms with Crippen LogP contribution in [0.15, 0.2) is 29.4 Å². The van der Waals surface area contributed by atoms with E-state index in [-0.39, 0.29) is 23.1 Å². The zero-order chi connectivity index (χ0) is 21.2. The van der Waals surface area contributed by atoms with Crippen molar-refractivity contribution in [2.24, 2.45) is 11.8 Å². The highest BCUT2D eigenvalue weighted by Gasteiger charge is 2.28. The van der Waals surface area contributed by atoms with Gasteiger partial charge in [-0.2, -0.15) is 0 Å². The maximum absolute atomic E-state index is 12.4. The van der Waals surface area contributed by atoms with Gasteiger partial charge in [-0.05, 0) is 29.2 Å². The van der Waals surface area contributed by atoms with Crippen LogP contribution in [-0.4, -0.2) is 32.6 Å². The van der Waals surface area contributed by atoms with E-state index in [0.29, 0.717) is 22.8 Å². The Hall–Kier alpha value is -2.02. The van der Waals surface area contributed by atoms with Crippen LogP contribution in [0.25, 0.3) is 11.4 Å². The summed E-state index contributed by atoms with van der Waals surface area (Å²) in [6.45, 7) is 11.0. The Morgan fingerprint density at radius 1 is 1.21 bits per heavy atom. The zero-order valence-electron chi connectivity index (χ0n) is 18.1. The van der Waals surface area contributed by atoms with Crippen LogP contribution in [0.4, 0.5) is 0 Å². The van der Waals surface area contributed by atoms with Gasteiger partial charge in [0.05, 0.1) is 5.75 Å². The minimum absolute atomic E-state index is 0.0278. The first-order valence-corrected chi connectivity index (χ1v) is 11.4. The first kappa shape index (κ1) is 21.7. The minimum atomic E-state index is 0.0278. The first-order valence-electron chi connectivity index (χ1n) is 10.4. The van der Waals surface area contributed by atoms with Gasteiger partial charge in [-0.3, -0.25) is 4.79 Å². The highest BCUT2D eigenvalue weighted by Crippen LogP contribution is 2.30. The number of amides is 1. The molecule has 1 aliphatic rings. The van der Waals surface area contributed by atoms with Crippen LogP contribution < -0.4 is 11.2 Å². The van der Waals surface area contributed by atoms with Crippen LogP contribution in [0.2, 0.25) is 0 Å². The molecule has 29 heavy (non-hydrogen) atoms. The van der Waals surface area contributed by atoms with Gasteiger partial charge in [0.15, 0.2) is 5.82 Å². The zero-order valence-corrected chi connectivity index (χ0v) is 18.9. The summed E-state index contributed by atoms with van der Waals surface area (Å²) in [4.78, 5) is 12.4. The van der Waals surface area contributed by atoms with Crippen LogP contribution in [0.5, 0.6) is 0 Å². The molecule has 1 saturated carbocycles. The first-order chi connectivity index (χ1) is 13.7. The smallest absolute Gasteiger partial charge is 0.230 e. The molecule has 0 bridgehead atoms. The monoisotopic (exact) mass is 415 g/mol. The summed E-state index contributed by atoms with van der Waals surface area (Å²) in [5, 5.41) is 12.1. The molecule has 0 saturated heterocycles. The van der Waals surface area contributed by atoms with Crippen molar-refractivity contribution in [3.05, 3.63) is 29.8 Å². The Labute approximate surface area is 178 Å². The molecule has 0 unspecified atom stereocenters. The van der Waals surface area contributed by atoms with Crippen LogP contribution in [0.1, 0.15) is 59.4 Å². The molecule has 3 rings (SSSR count). The van der Waals surface area contributed by atoms with Crippen molar-refractivity contribution in [1.82, 2.24) is 20.2 Å². The van der Waals surface area contributed by atoms with E-state index in [1.807, 2.05) is 12.1 Å². The molecule has 1 aromatic heterocycles. The summed E-state index contributed by atoms with van der Waals surface area (Å²) in [6.07, 6.45) is 3.49. The van der Waals surface area contributed by atoms with Gasteiger partial charge in [0.1, 0.15) is 0 Å². The number of hydrogen-bond donors (Lipinski definition) is 2. The van der Waals surface area contributed by atoms with Crippen molar-refractivity contribution >= 4 is 17.7 Å². The van der Waals surface area contributed by atoms with Crippen LogP contribution in [0, 0.1) is 11.8 Å². The molecule has 1 heterocycles. The Kier molecular flexibility index (Phi) is 6.56. The Bertz CT molecular complexity index is 840. The maximum Gasteiger partial charge on any atom is 0.230 e. The molecule has 1 fully saturated rings. The van der Waals surface area contributed by atoms with Crippen molar-refractivity contribution in [3.63, 3.8) is 0 Å². The molecule has 6 nitrogen and oxygen atoms in total. The summed E-state index contributed by atoms with van der Waals surface area (Å²) >= 11 is 1.32. The van der Waals surface area contributed by atoms with E-state index in [1.54, 1.807) is 0 Å². The summed E-state index contributed by atoms with van der Waals surface area (Å²) < 4.78 is 1.47. The molecule has 3 atom stereocenters. The lowest BCUT2D eigenvalue weighted by Crippen LogP contribution is -2.44. The molecule has 2 aromatic rings. The standard InChI is InChI=1S/C22H33N5OS/c1-14-7-6-8-18(15(14)2)24-19(28)13-29-21-26-25-20(27(21)23)16-9-11-17(12-10-16)22(3,4)5/h9-12,14-15,18H,6-8,13,23H2,1-5H3,(H,24,28)/t14-,15+,18-/m1/s1. The number of benzene rings is 1. The molecular weight excluding hydrogens is 382 g/mol. The van der Waals surface area contributed by atoms with Crippen molar-refractivity contribution < 1.29 is 4.79 Å². The number of thioether (sulfide) groups is 1. The quantitative estimate of drug-likeness (QED) is 0.570. The molecule has 0 aliphatic heterocycles. The second-order valence-corrected chi connectivity index (χ2v) is 10.2. The van der Waals surface area contributed by atoms with Gasteiger partial charge < -0.3 is 11.2 Å². The minimum Gasteiger partial charge on any atom is -0.352 e. The predicted octanol–water partition coefficient (Wildman–Crippen LogP) is 3.99. The molecule has 7 heteroatoms.